The van der Waals surface area contributed by atoms with Crippen molar-refractivity contribution in [2.24, 2.45) is 52.5 Å². The van der Waals surface area contributed by atoms with Gasteiger partial charge in [-0.2, -0.15) is 0 Å². The highest BCUT2D eigenvalue weighted by Gasteiger charge is 2.44. The lowest BCUT2D eigenvalue weighted by Crippen LogP contribution is -2.63. The molecule has 0 aliphatic carbocycles. The molecule has 16 atom stereocenters. The smallest absolute Gasteiger partial charge is 0.329 e. The van der Waals surface area contributed by atoms with Gasteiger partial charge in [-0.3, -0.25) is 62.3 Å². The highest BCUT2D eigenvalue weighted by molar-refractivity contribution is 6.00. The molecule has 0 aromatic carbocycles. The van der Waals surface area contributed by atoms with Gasteiger partial charge in [0.2, 0.25) is 76.8 Å². The fourth-order valence-electron chi connectivity index (χ4n) is 13.5. The predicted molar refractivity (Wildman–Crippen MR) is 429 cm³/mol. The van der Waals surface area contributed by atoms with Gasteiger partial charge in [-0.05, 0) is 146 Å². The van der Waals surface area contributed by atoms with Gasteiger partial charge in [-0.1, -0.05) is 160 Å². The number of cyclic esters (lactones) is 1. The summed E-state index contributed by atoms with van der Waals surface area (Å²) in [5.41, 5.74) is 23.6. The molecule has 16 unspecified atom stereocenters. The number of ether oxygens (including phenoxy) is 1. The van der Waals surface area contributed by atoms with Crippen LogP contribution < -0.4 is 86.7 Å². The Bertz CT molecular complexity index is 2970. The number of aliphatic hydroxyl groups excluding tert-OH is 2. The zero-order valence-corrected chi connectivity index (χ0v) is 69.8. The number of nitrogens with one attached hydrogen (secondary N) is 12. The van der Waals surface area contributed by atoms with Crippen LogP contribution in [0.4, 0.5) is 0 Å². The van der Waals surface area contributed by atoms with Gasteiger partial charge in [0.15, 0.2) is 0 Å². The van der Waals surface area contributed by atoms with Gasteiger partial charge >= 0.3 is 5.97 Å². The van der Waals surface area contributed by atoms with E-state index < -0.39 is 204 Å². The largest absolute Gasteiger partial charge is 0.458 e. The molecule has 22 N–H and O–H groups in total. The molecule has 34 heteroatoms. The van der Waals surface area contributed by atoms with Gasteiger partial charge in [-0.25, -0.2) is 4.79 Å². The zero-order valence-electron chi connectivity index (χ0n) is 69.8. The molecule has 113 heavy (non-hydrogen) atoms. The zero-order chi connectivity index (χ0) is 84.9. The highest BCUT2D eigenvalue weighted by Crippen LogP contribution is 2.24. The van der Waals surface area contributed by atoms with Crippen molar-refractivity contribution in [1.29, 1.82) is 0 Å². The third kappa shape index (κ3) is 36.0. The Labute approximate surface area is 670 Å². The average Bonchev–Trinajstić information content (AvgIpc) is 1.76. The second kappa shape index (κ2) is 55.8. The Balaban J connectivity index is 2.90. The van der Waals surface area contributed by atoms with E-state index in [1.165, 1.54) is 56.8 Å². The van der Waals surface area contributed by atoms with Crippen LogP contribution in [0.3, 0.4) is 0 Å². The van der Waals surface area contributed by atoms with E-state index in [2.05, 4.69) is 70.7 Å². The molecule has 0 bridgehead atoms. The molecule has 648 valence electrons. The van der Waals surface area contributed by atoms with Crippen molar-refractivity contribution in [1.82, 2.24) is 68.7 Å². The number of aliphatic hydroxyl groups is 2. The lowest BCUT2D eigenvalue weighted by Gasteiger charge is -2.33. The molecule has 0 saturated carbocycles. The maximum Gasteiger partial charge on any atom is 0.329 e. The minimum atomic E-state index is -1.95. The summed E-state index contributed by atoms with van der Waals surface area (Å²) in [6.45, 7) is 18.4. The number of unbranched alkanes of at least 4 members (excludes halogenated alkanes) is 13. The maximum absolute atomic E-state index is 15.2. The molecular weight excluding hydrogens is 1460 g/mol. The molecule has 2 saturated heterocycles. The Morgan fingerprint density at radius 3 is 1.32 bits per heavy atom. The summed E-state index contributed by atoms with van der Waals surface area (Å²) in [4.78, 5) is 205. The van der Waals surface area contributed by atoms with E-state index in [0.717, 1.165) is 25.7 Å². The Morgan fingerprint density at radius 1 is 0.460 bits per heavy atom. The van der Waals surface area contributed by atoms with Crippen molar-refractivity contribution in [3.63, 3.8) is 0 Å². The van der Waals surface area contributed by atoms with Crippen LogP contribution in [0.25, 0.3) is 0 Å². The first-order valence-corrected chi connectivity index (χ1v) is 41.9. The summed E-state index contributed by atoms with van der Waals surface area (Å²) >= 11 is 0. The van der Waals surface area contributed by atoms with E-state index in [4.69, 9.17) is 27.7 Å². The monoisotopic (exact) mass is 1600 g/mol. The highest BCUT2D eigenvalue weighted by atomic mass is 16.5. The molecule has 0 aromatic heterocycles. The minimum Gasteiger partial charge on any atom is -0.458 e. The fraction of sp³-hybridized carbons (Fsp3) is 0.823. The summed E-state index contributed by atoms with van der Waals surface area (Å²) in [6, 6.07) is -19.3. The summed E-state index contributed by atoms with van der Waals surface area (Å²) in [7, 11) is 0. The van der Waals surface area contributed by atoms with Crippen molar-refractivity contribution in [3.05, 3.63) is 0 Å². The number of rotatable bonds is 41. The first-order chi connectivity index (χ1) is 53.7. The Morgan fingerprint density at radius 2 is 0.867 bits per heavy atom. The number of fused-ring (bicyclic) bond motifs is 1. The van der Waals surface area contributed by atoms with E-state index in [0.29, 0.717) is 44.9 Å². The SMILES string of the molecule is CCCCCCCCCCCCCCC(=O)NC(CCCN)C(=O)NC(C(=O)NC1C(=O)NC(CCCN)C(=O)NC(CO)C(=O)NC(C(C)C)C(=O)NC(CCCCN)C(=O)NC(CO)C(=O)NC(C(C)CC)C(=O)N2CCCC2C(=O)NC(C(C)C)C(=O)NC(CCCCN)C(=O)NC(C(C)CC)C(=O)OC1C)C(C)C. The lowest BCUT2D eigenvalue weighted by molar-refractivity contribution is -0.157. The molecule has 2 aliphatic rings. The summed E-state index contributed by atoms with van der Waals surface area (Å²) < 4.78 is 6.09. The number of nitrogens with two attached hydrogens (primary N) is 4. The molecule has 2 fully saturated rings. The van der Waals surface area contributed by atoms with Crippen LogP contribution in [0.2, 0.25) is 0 Å². The number of carbonyl (C=O) groups is 14. The first-order valence-electron chi connectivity index (χ1n) is 41.9. The molecule has 0 aromatic rings. The topological polar surface area (TPSA) is 540 Å². The van der Waals surface area contributed by atoms with Gasteiger partial charge in [0, 0.05) is 13.0 Å². The summed E-state index contributed by atoms with van der Waals surface area (Å²) in [6.07, 6.45) is 14.1. The van der Waals surface area contributed by atoms with Crippen LogP contribution in [-0.2, 0) is 71.9 Å². The van der Waals surface area contributed by atoms with E-state index in [1.807, 2.05) is 0 Å². The van der Waals surface area contributed by atoms with Gasteiger partial charge in [0.25, 0.3) is 0 Å². The number of amides is 13. The van der Waals surface area contributed by atoms with E-state index in [9.17, 15) is 72.5 Å². The van der Waals surface area contributed by atoms with Crippen LogP contribution >= 0.6 is 0 Å². The lowest BCUT2D eigenvalue weighted by atomic mass is 9.96. The minimum absolute atomic E-state index is 0.0187. The van der Waals surface area contributed by atoms with Crippen LogP contribution in [0.1, 0.15) is 256 Å². The average molecular weight is 1610 g/mol. The molecule has 0 radical (unpaired) electrons. The Hall–Kier alpha value is -7.66. The van der Waals surface area contributed by atoms with Crippen molar-refractivity contribution >= 4 is 82.8 Å². The van der Waals surface area contributed by atoms with Crippen molar-refractivity contribution in [2.75, 3.05) is 45.9 Å². The third-order valence-corrected chi connectivity index (χ3v) is 21.2. The summed E-state index contributed by atoms with van der Waals surface area (Å²) in [5.74, 6) is -15.9. The molecule has 2 aliphatic heterocycles. The molecular formula is C79H145N17O17. The number of hydrogen-bond acceptors (Lipinski definition) is 21. The second-order valence-corrected chi connectivity index (χ2v) is 31.6. The van der Waals surface area contributed by atoms with Gasteiger partial charge < -0.3 is 107 Å². The molecule has 2 heterocycles. The number of carbonyl (C=O) groups excluding carboxylic acids is 14. The molecule has 34 nitrogen and oxygen atoms in total. The van der Waals surface area contributed by atoms with Crippen molar-refractivity contribution in [2.45, 2.75) is 341 Å². The van der Waals surface area contributed by atoms with Gasteiger partial charge in [-0.15, -0.1) is 0 Å². The Kier molecular flexibility index (Phi) is 50.1. The number of hydrogen-bond donors (Lipinski definition) is 18. The van der Waals surface area contributed by atoms with Crippen LogP contribution in [0, 0.1) is 29.6 Å². The molecule has 2 rings (SSSR count). The predicted octanol–water partition coefficient (Wildman–Crippen LogP) is 0.612. The van der Waals surface area contributed by atoms with E-state index in [-0.39, 0.29) is 96.4 Å². The van der Waals surface area contributed by atoms with E-state index in [1.54, 1.807) is 69.2 Å². The van der Waals surface area contributed by atoms with Gasteiger partial charge in [0.1, 0.15) is 84.6 Å². The first kappa shape index (κ1) is 101. The quantitative estimate of drug-likeness (QED) is 0.0295. The molecule has 0 spiro atoms. The van der Waals surface area contributed by atoms with Gasteiger partial charge in [0.05, 0.1) is 13.2 Å². The second-order valence-electron chi connectivity index (χ2n) is 31.6. The normalized spacial score (nSPS) is 24.7. The van der Waals surface area contributed by atoms with Crippen molar-refractivity contribution in [3.8, 4) is 0 Å². The van der Waals surface area contributed by atoms with E-state index >= 15 is 4.79 Å². The third-order valence-electron chi connectivity index (χ3n) is 21.2. The maximum atomic E-state index is 15.2. The van der Waals surface area contributed by atoms with Crippen LogP contribution in [0.5, 0.6) is 0 Å². The summed E-state index contributed by atoms with van der Waals surface area (Å²) in [5, 5.41) is 53.2. The molecule has 13 amide bonds. The van der Waals surface area contributed by atoms with Crippen molar-refractivity contribution < 1.29 is 82.1 Å². The fourth-order valence-corrected chi connectivity index (χ4v) is 13.5. The van der Waals surface area contributed by atoms with Crippen LogP contribution in [-0.4, -0.2) is 228 Å². The van der Waals surface area contributed by atoms with Crippen LogP contribution in [0.15, 0.2) is 0 Å². The number of esters is 1. The standard InChI is InChI=1S/C79H145N17O17/c1-13-16-17-18-19-20-21-22-23-24-25-26-39-60(99)84-53(36-31-42-82)69(102)90-63(49(8)9)76(109)95-66-52(12)113-79(112)65(51(11)15-3)94-70(103)55(35-28-30-41-81)86-75(108)62(48(6)7)92-73(106)59-38-33-44-96(59)78(111)64(50(10)14-2)93-72(105)58(46-98)89-67(100)54(34-27-29-40-80)85-74(107)61(47(4)5)91-71(104)57(45-97)88-68(101)56(37-32-43-83)87-77(66)110/h47-59,61-66,97-98H,13-46,80-83H2,1-12H3,(H,84,99)(H,85,107)(H,86,108)(H,87,110)(H,88,101)(H,89,100)(H,90,102)(H,91,104)(H,92,106)(H,93,105)(H,94,103)(H,95,109). The number of nitrogens with zero attached hydrogens (tertiary/aromatic N) is 1.